The molecule has 3 fully saturated rings. The molecule has 3 aliphatic rings. The number of hydrogen-bond acceptors (Lipinski definition) is 3. The van der Waals surface area contributed by atoms with Crippen LogP contribution < -0.4 is 5.32 Å². The van der Waals surface area contributed by atoms with Crippen LogP contribution in [-0.4, -0.2) is 35.9 Å². The minimum atomic E-state index is -0.598. The number of aliphatic carboxylic acids is 1. The van der Waals surface area contributed by atoms with Crippen LogP contribution >= 0.6 is 0 Å². The topological polar surface area (TPSA) is 58.6 Å². The van der Waals surface area contributed by atoms with Gasteiger partial charge in [0.15, 0.2) is 0 Å². The van der Waals surface area contributed by atoms with Gasteiger partial charge in [-0.3, -0.25) is 4.79 Å². The summed E-state index contributed by atoms with van der Waals surface area (Å²) < 4.78 is 5.95. The van der Waals surface area contributed by atoms with Crippen LogP contribution in [0.15, 0.2) is 0 Å². The normalized spacial score (nSPS) is 36.5. The number of carboxylic acids is 1. The van der Waals surface area contributed by atoms with Gasteiger partial charge in [0.05, 0.1) is 11.5 Å². The molecule has 2 N–H and O–H groups in total. The molecule has 2 saturated carbocycles. The summed E-state index contributed by atoms with van der Waals surface area (Å²) in [5.41, 5.74) is 0.175. The molecule has 0 aromatic heterocycles. The summed E-state index contributed by atoms with van der Waals surface area (Å²) in [7, 11) is 0. The quantitative estimate of drug-likeness (QED) is 0.831. The van der Waals surface area contributed by atoms with Crippen LogP contribution in [0, 0.1) is 11.8 Å². The van der Waals surface area contributed by atoms with Crippen LogP contribution in [0.2, 0.25) is 0 Å². The van der Waals surface area contributed by atoms with Crippen LogP contribution in [0.5, 0.6) is 0 Å². The van der Waals surface area contributed by atoms with E-state index in [1.54, 1.807) is 0 Å². The Morgan fingerprint density at radius 2 is 2.00 bits per heavy atom. The summed E-state index contributed by atoms with van der Waals surface area (Å²) in [5, 5.41) is 13.0. The fourth-order valence-corrected chi connectivity index (χ4v) is 4.22. The van der Waals surface area contributed by atoms with E-state index in [-0.39, 0.29) is 11.5 Å². The minimum Gasteiger partial charge on any atom is -0.481 e. The zero-order valence-corrected chi connectivity index (χ0v) is 12.3. The minimum absolute atomic E-state index is 0.131. The van der Waals surface area contributed by atoms with Crippen LogP contribution in [-0.2, 0) is 9.53 Å². The number of rotatable bonds is 4. The monoisotopic (exact) mass is 281 g/mol. The van der Waals surface area contributed by atoms with Crippen molar-refractivity contribution in [1.82, 2.24) is 5.32 Å². The van der Waals surface area contributed by atoms with Crippen molar-refractivity contribution in [3.8, 4) is 0 Å². The molecule has 3 unspecified atom stereocenters. The van der Waals surface area contributed by atoms with Gasteiger partial charge in [-0.2, -0.15) is 0 Å². The summed E-state index contributed by atoms with van der Waals surface area (Å²) in [5.74, 6) is -0.408. The molecule has 0 radical (unpaired) electrons. The molecule has 3 atom stereocenters. The van der Waals surface area contributed by atoms with Crippen LogP contribution in [0.1, 0.15) is 57.8 Å². The van der Waals surface area contributed by atoms with Gasteiger partial charge >= 0.3 is 5.97 Å². The van der Waals surface area contributed by atoms with Crippen LogP contribution in [0.3, 0.4) is 0 Å². The van der Waals surface area contributed by atoms with Crippen LogP contribution in [0.4, 0.5) is 0 Å². The largest absolute Gasteiger partial charge is 0.481 e. The third-order valence-electron chi connectivity index (χ3n) is 5.65. The van der Waals surface area contributed by atoms with Crippen molar-refractivity contribution >= 4 is 5.97 Å². The molecule has 20 heavy (non-hydrogen) atoms. The van der Waals surface area contributed by atoms with E-state index in [0.29, 0.717) is 12.0 Å². The Balaban J connectivity index is 1.49. The lowest BCUT2D eigenvalue weighted by Crippen LogP contribution is -2.52. The molecule has 2 aliphatic carbocycles. The highest BCUT2D eigenvalue weighted by Crippen LogP contribution is 2.42. The number of ether oxygens (including phenoxy) is 1. The Labute approximate surface area is 121 Å². The predicted molar refractivity (Wildman–Crippen MR) is 76.6 cm³/mol. The molecule has 3 rings (SSSR count). The van der Waals surface area contributed by atoms with Gasteiger partial charge < -0.3 is 15.2 Å². The molecular formula is C16H27NO3. The van der Waals surface area contributed by atoms with Gasteiger partial charge in [-0.25, -0.2) is 0 Å². The van der Waals surface area contributed by atoms with Gasteiger partial charge in [-0.05, 0) is 57.4 Å². The van der Waals surface area contributed by atoms with Crippen molar-refractivity contribution in [1.29, 1.82) is 0 Å². The van der Waals surface area contributed by atoms with E-state index in [9.17, 15) is 9.90 Å². The highest BCUT2D eigenvalue weighted by atomic mass is 16.5. The smallest absolute Gasteiger partial charge is 0.306 e. The first-order chi connectivity index (χ1) is 9.69. The Morgan fingerprint density at radius 3 is 2.70 bits per heavy atom. The molecule has 0 aromatic carbocycles. The van der Waals surface area contributed by atoms with Gasteiger partial charge in [-0.1, -0.05) is 12.8 Å². The molecule has 0 bridgehead atoms. The van der Waals surface area contributed by atoms with Crippen molar-refractivity contribution in [3.63, 3.8) is 0 Å². The van der Waals surface area contributed by atoms with Gasteiger partial charge in [0, 0.05) is 12.6 Å². The standard InChI is InChI=1S/C16H27NO3/c18-15(19)14-5-2-1-4-12(14)11-17-13-6-9-20-16(10-13)7-3-8-16/h12-14,17H,1-11H2,(H,18,19). The van der Waals surface area contributed by atoms with Gasteiger partial charge in [0.1, 0.15) is 0 Å². The maximum atomic E-state index is 11.3. The molecular weight excluding hydrogens is 254 g/mol. The van der Waals surface area contributed by atoms with E-state index in [2.05, 4.69) is 5.32 Å². The first kappa shape index (κ1) is 14.3. The third kappa shape index (κ3) is 3.01. The fourth-order valence-electron chi connectivity index (χ4n) is 4.22. The second-order valence-electron chi connectivity index (χ2n) is 6.97. The highest BCUT2D eigenvalue weighted by molar-refractivity contribution is 5.70. The lowest BCUT2D eigenvalue weighted by atomic mass is 9.73. The highest BCUT2D eigenvalue weighted by Gasteiger charge is 2.42. The molecule has 0 aromatic rings. The molecule has 0 amide bonds. The number of hydrogen-bond donors (Lipinski definition) is 2. The average Bonchev–Trinajstić information content (AvgIpc) is 2.44. The number of nitrogens with one attached hydrogen (secondary N) is 1. The Morgan fingerprint density at radius 1 is 1.20 bits per heavy atom. The van der Waals surface area contributed by atoms with E-state index in [4.69, 9.17) is 4.74 Å². The number of carbonyl (C=O) groups is 1. The second kappa shape index (κ2) is 6.02. The van der Waals surface area contributed by atoms with Gasteiger partial charge in [0.25, 0.3) is 0 Å². The fraction of sp³-hybridized carbons (Fsp3) is 0.938. The lowest BCUT2D eigenvalue weighted by Gasteiger charge is -2.47. The molecule has 114 valence electrons. The van der Waals surface area contributed by atoms with E-state index >= 15 is 0 Å². The number of carboxylic acid groups (broad SMARTS) is 1. The Hall–Kier alpha value is -0.610. The Kier molecular flexibility index (Phi) is 4.32. The van der Waals surface area contributed by atoms with Gasteiger partial charge in [-0.15, -0.1) is 0 Å². The second-order valence-corrected chi connectivity index (χ2v) is 6.97. The van der Waals surface area contributed by atoms with Crippen molar-refractivity contribution in [2.75, 3.05) is 13.2 Å². The average molecular weight is 281 g/mol. The van der Waals surface area contributed by atoms with Crippen molar-refractivity contribution in [2.45, 2.75) is 69.4 Å². The van der Waals surface area contributed by atoms with Gasteiger partial charge in [0.2, 0.25) is 0 Å². The first-order valence-electron chi connectivity index (χ1n) is 8.29. The molecule has 4 nitrogen and oxygen atoms in total. The third-order valence-corrected chi connectivity index (χ3v) is 5.65. The van der Waals surface area contributed by atoms with Crippen molar-refractivity contribution in [3.05, 3.63) is 0 Å². The maximum Gasteiger partial charge on any atom is 0.306 e. The molecule has 4 heteroatoms. The summed E-state index contributed by atoms with van der Waals surface area (Å²) in [4.78, 5) is 11.3. The lowest BCUT2D eigenvalue weighted by molar-refractivity contribution is -0.145. The van der Waals surface area contributed by atoms with E-state index in [1.165, 1.54) is 25.7 Å². The maximum absolute atomic E-state index is 11.3. The zero-order chi connectivity index (χ0) is 14.0. The molecule has 1 aliphatic heterocycles. The van der Waals surface area contributed by atoms with E-state index in [0.717, 1.165) is 45.3 Å². The first-order valence-corrected chi connectivity index (χ1v) is 8.29. The zero-order valence-electron chi connectivity index (χ0n) is 12.3. The van der Waals surface area contributed by atoms with Crippen molar-refractivity contribution in [2.24, 2.45) is 11.8 Å². The van der Waals surface area contributed by atoms with Crippen molar-refractivity contribution < 1.29 is 14.6 Å². The summed E-state index contributed by atoms with van der Waals surface area (Å²) in [6, 6.07) is 0.528. The molecule has 1 spiro atoms. The summed E-state index contributed by atoms with van der Waals surface area (Å²) in [6.45, 7) is 1.74. The predicted octanol–water partition coefficient (Wildman–Crippen LogP) is 2.57. The van der Waals surface area contributed by atoms with E-state index < -0.39 is 5.97 Å². The van der Waals surface area contributed by atoms with Crippen LogP contribution in [0.25, 0.3) is 0 Å². The van der Waals surface area contributed by atoms with E-state index in [1.807, 2.05) is 0 Å². The molecule has 1 saturated heterocycles. The molecule has 1 heterocycles. The summed E-state index contributed by atoms with van der Waals surface area (Å²) >= 11 is 0. The Bertz CT molecular complexity index is 354. The summed E-state index contributed by atoms with van der Waals surface area (Å²) in [6.07, 6.45) is 10.1. The SMILES string of the molecule is O=C(O)C1CCCCC1CNC1CCOC2(CCC2)C1.